The van der Waals surface area contributed by atoms with Gasteiger partial charge in [-0.2, -0.15) is 0 Å². The predicted molar refractivity (Wildman–Crippen MR) is 123 cm³/mol. The van der Waals surface area contributed by atoms with Crippen molar-refractivity contribution in [2.45, 2.75) is 27.2 Å². The summed E-state index contributed by atoms with van der Waals surface area (Å²) in [6, 6.07) is 5.58. The summed E-state index contributed by atoms with van der Waals surface area (Å²) in [5.74, 6) is 3.44. The van der Waals surface area contributed by atoms with Crippen LogP contribution in [0.5, 0.6) is 11.5 Å². The third-order valence-corrected chi connectivity index (χ3v) is 4.51. The molecule has 0 fully saturated rings. The second-order valence-electron chi connectivity index (χ2n) is 7.42. The minimum atomic E-state index is -0.377. The molecule has 4 rings (SSSR count). The summed E-state index contributed by atoms with van der Waals surface area (Å²) in [4.78, 5) is 16.0. The molecule has 0 N–H and O–H groups in total. The van der Waals surface area contributed by atoms with Gasteiger partial charge in [0.25, 0.3) is 0 Å². The van der Waals surface area contributed by atoms with Gasteiger partial charge in [0, 0.05) is 20.2 Å². The molecule has 0 saturated carbocycles. The number of aromatic nitrogens is 7. The number of para-hydroxylation sites is 1. The maximum Gasteiger partial charge on any atom is 0.189 e. The fourth-order valence-electron chi connectivity index (χ4n) is 3.07. The number of rotatable bonds is 6. The van der Waals surface area contributed by atoms with Crippen LogP contribution < -0.4 is 9.47 Å². The Morgan fingerprint density at radius 3 is 2.18 bits per heavy atom. The van der Waals surface area contributed by atoms with Crippen LogP contribution in [-0.2, 0) is 6.42 Å². The third-order valence-electron chi connectivity index (χ3n) is 4.51. The molecule has 0 aliphatic rings. The Hall–Kier alpha value is -3.95. The van der Waals surface area contributed by atoms with Crippen LogP contribution in [-0.4, -0.2) is 48.9 Å². The molecule has 0 spiro atoms. The second kappa shape index (κ2) is 11.1. The lowest BCUT2D eigenvalue weighted by Gasteiger charge is -2.16. The molecule has 174 valence electrons. The molecule has 0 amide bonds. The Kier molecular flexibility index (Phi) is 7.96. The summed E-state index contributed by atoms with van der Waals surface area (Å²) in [5, 5.41) is 8.37. The number of methoxy groups -OCH3 is 2. The first-order valence-corrected chi connectivity index (χ1v) is 10.3. The van der Waals surface area contributed by atoms with Crippen molar-refractivity contribution in [2.75, 3.05) is 14.2 Å². The van der Waals surface area contributed by atoms with Crippen LogP contribution in [0.25, 0.3) is 17.2 Å². The van der Waals surface area contributed by atoms with Crippen LogP contribution in [0.1, 0.15) is 26.9 Å². The lowest BCUT2D eigenvalue weighted by atomic mass is 10.1. The highest BCUT2D eigenvalue weighted by atomic mass is 19.1. The van der Waals surface area contributed by atoms with Gasteiger partial charge in [-0.1, -0.05) is 19.9 Å². The van der Waals surface area contributed by atoms with E-state index in [1.54, 1.807) is 32.8 Å². The smallest absolute Gasteiger partial charge is 0.189 e. The molecule has 33 heavy (non-hydrogen) atoms. The van der Waals surface area contributed by atoms with Gasteiger partial charge in [-0.25, -0.2) is 19.3 Å². The first-order chi connectivity index (χ1) is 15.9. The molecule has 9 nitrogen and oxygen atoms in total. The number of halogens is 1. The normalized spacial score (nSPS) is 10.5. The van der Waals surface area contributed by atoms with E-state index >= 15 is 0 Å². The summed E-state index contributed by atoms with van der Waals surface area (Å²) < 4.78 is 25.1. The molecular weight excluding hydrogens is 425 g/mol. The van der Waals surface area contributed by atoms with Crippen LogP contribution >= 0.6 is 0 Å². The molecule has 0 atom stereocenters. The Morgan fingerprint density at radius 1 is 0.970 bits per heavy atom. The molecule has 0 unspecified atom stereocenters. The first kappa shape index (κ1) is 23.7. The standard InChI is InChI=1S/C15H15N5O2.C8H11FN2.H2/c1-10-18-19-15(11-9-16-7-8-17-11)20(10)14-12(21-2)5-4-6-13(14)22-3;1-6(2)3-8-10-4-7(9)5-11-8;/h4-9H,1-3H3;4-6H,3H2,1-2H3;1H. The van der Waals surface area contributed by atoms with Crippen LogP contribution in [0.4, 0.5) is 4.39 Å². The van der Waals surface area contributed by atoms with E-state index in [1.807, 2.05) is 29.7 Å². The van der Waals surface area contributed by atoms with Crippen LogP contribution in [0.15, 0.2) is 49.2 Å². The average molecular weight is 454 g/mol. The summed E-state index contributed by atoms with van der Waals surface area (Å²) in [6.07, 6.45) is 8.07. The van der Waals surface area contributed by atoms with E-state index in [4.69, 9.17) is 9.47 Å². The van der Waals surface area contributed by atoms with Gasteiger partial charge in [0.2, 0.25) is 0 Å². The minimum Gasteiger partial charge on any atom is -0.494 e. The molecule has 4 aromatic rings. The zero-order valence-electron chi connectivity index (χ0n) is 19.2. The summed E-state index contributed by atoms with van der Waals surface area (Å²) in [7, 11) is 3.22. The highest BCUT2D eigenvalue weighted by Gasteiger charge is 2.20. The van der Waals surface area contributed by atoms with Gasteiger partial charge >= 0.3 is 0 Å². The lowest BCUT2D eigenvalue weighted by Crippen LogP contribution is -2.05. The van der Waals surface area contributed by atoms with Crippen molar-refractivity contribution in [3.05, 3.63) is 66.6 Å². The number of aryl methyl sites for hydroxylation is 1. The SMILES string of the molecule is CC(C)Cc1ncc(F)cn1.COc1cccc(OC)c1-n1c(C)nnc1-c1cnccn1.[HH]. The van der Waals surface area contributed by atoms with Gasteiger partial charge < -0.3 is 9.47 Å². The van der Waals surface area contributed by atoms with Crippen LogP contribution in [0.3, 0.4) is 0 Å². The molecule has 0 aliphatic carbocycles. The highest BCUT2D eigenvalue weighted by molar-refractivity contribution is 5.63. The van der Waals surface area contributed by atoms with Gasteiger partial charge in [0.1, 0.15) is 34.5 Å². The average Bonchev–Trinajstić information content (AvgIpc) is 3.21. The second-order valence-corrected chi connectivity index (χ2v) is 7.42. The number of benzene rings is 1. The fraction of sp³-hybridized carbons (Fsp3) is 0.304. The van der Waals surface area contributed by atoms with Crippen molar-refractivity contribution in [1.29, 1.82) is 0 Å². The summed E-state index contributed by atoms with van der Waals surface area (Å²) in [6.45, 7) is 6.01. The Morgan fingerprint density at radius 2 is 1.64 bits per heavy atom. The molecular formula is C23H28FN7O2. The van der Waals surface area contributed by atoms with Gasteiger partial charge in [0.15, 0.2) is 11.6 Å². The maximum atomic E-state index is 12.3. The van der Waals surface area contributed by atoms with E-state index in [1.165, 1.54) is 12.4 Å². The first-order valence-electron chi connectivity index (χ1n) is 10.3. The number of hydrogen-bond acceptors (Lipinski definition) is 8. The van der Waals surface area contributed by atoms with E-state index in [2.05, 4.69) is 44.0 Å². The Bertz CT molecular complexity index is 1150. The highest BCUT2D eigenvalue weighted by Crippen LogP contribution is 2.35. The summed E-state index contributed by atoms with van der Waals surface area (Å²) in [5.41, 5.74) is 1.35. The van der Waals surface area contributed by atoms with Crippen molar-refractivity contribution < 1.29 is 15.3 Å². The van der Waals surface area contributed by atoms with Crippen molar-refractivity contribution in [3.63, 3.8) is 0 Å². The van der Waals surface area contributed by atoms with E-state index in [0.29, 0.717) is 40.6 Å². The van der Waals surface area contributed by atoms with Gasteiger partial charge in [-0.05, 0) is 25.0 Å². The van der Waals surface area contributed by atoms with Gasteiger partial charge in [-0.3, -0.25) is 9.55 Å². The molecule has 0 aliphatic heterocycles. The molecule has 1 aromatic carbocycles. The zero-order chi connectivity index (χ0) is 23.8. The fourth-order valence-corrected chi connectivity index (χ4v) is 3.07. The largest absolute Gasteiger partial charge is 0.494 e. The van der Waals surface area contributed by atoms with E-state index in [9.17, 15) is 4.39 Å². The lowest BCUT2D eigenvalue weighted by molar-refractivity contribution is 0.391. The third kappa shape index (κ3) is 5.85. The molecule has 3 heterocycles. The molecule has 0 bridgehead atoms. The molecule has 10 heteroatoms. The monoisotopic (exact) mass is 453 g/mol. The predicted octanol–water partition coefficient (Wildman–Crippen LogP) is 4.11. The molecule has 0 saturated heterocycles. The van der Waals surface area contributed by atoms with Crippen LogP contribution in [0, 0.1) is 18.7 Å². The van der Waals surface area contributed by atoms with Crippen molar-refractivity contribution in [1.82, 2.24) is 34.7 Å². The van der Waals surface area contributed by atoms with Crippen molar-refractivity contribution >= 4 is 0 Å². The molecule has 0 radical (unpaired) electrons. The van der Waals surface area contributed by atoms with Gasteiger partial charge in [-0.15, -0.1) is 10.2 Å². The summed E-state index contributed by atoms with van der Waals surface area (Å²) >= 11 is 0. The Labute approximate surface area is 193 Å². The van der Waals surface area contributed by atoms with Crippen molar-refractivity contribution in [3.8, 4) is 28.7 Å². The Balaban J connectivity index is 0.000000289. The van der Waals surface area contributed by atoms with E-state index < -0.39 is 0 Å². The van der Waals surface area contributed by atoms with Crippen molar-refractivity contribution in [2.24, 2.45) is 5.92 Å². The topological polar surface area (TPSA) is 101 Å². The number of ether oxygens (including phenoxy) is 2. The molecule has 3 aromatic heterocycles. The zero-order valence-corrected chi connectivity index (χ0v) is 19.2. The van der Waals surface area contributed by atoms with Crippen LogP contribution in [0.2, 0.25) is 0 Å². The minimum absolute atomic E-state index is 0. The maximum absolute atomic E-state index is 12.3. The van der Waals surface area contributed by atoms with E-state index in [0.717, 1.165) is 12.1 Å². The number of nitrogens with zero attached hydrogens (tertiary/aromatic N) is 7. The van der Waals surface area contributed by atoms with Gasteiger partial charge in [0.05, 0.1) is 32.8 Å². The quantitative estimate of drug-likeness (QED) is 0.430. The number of hydrogen-bond donors (Lipinski definition) is 0. The van der Waals surface area contributed by atoms with E-state index in [-0.39, 0.29) is 7.24 Å².